The third-order valence-corrected chi connectivity index (χ3v) is 4.36. The van der Waals surface area contributed by atoms with Gasteiger partial charge in [-0.3, -0.25) is 9.48 Å². The van der Waals surface area contributed by atoms with Crippen molar-refractivity contribution in [2.75, 3.05) is 11.9 Å². The van der Waals surface area contributed by atoms with Crippen LogP contribution in [0.5, 0.6) is 5.75 Å². The molecule has 0 aliphatic rings. The molecule has 0 radical (unpaired) electrons. The van der Waals surface area contributed by atoms with Crippen LogP contribution < -0.4 is 15.7 Å². The zero-order chi connectivity index (χ0) is 20.2. The summed E-state index contributed by atoms with van der Waals surface area (Å²) in [5.41, 5.74) is 1.58. The maximum atomic E-state index is 12.9. The summed E-state index contributed by atoms with van der Waals surface area (Å²) in [7, 11) is 0. The van der Waals surface area contributed by atoms with Gasteiger partial charge in [0.25, 0.3) is 5.91 Å². The van der Waals surface area contributed by atoms with Gasteiger partial charge in [0.1, 0.15) is 11.3 Å². The molecular weight excluding hydrogens is 370 g/mol. The number of hydrogen-bond acceptors (Lipinski definition) is 5. The van der Waals surface area contributed by atoms with Crippen molar-refractivity contribution in [1.82, 2.24) is 9.78 Å². The van der Waals surface area contributed by atoms with E-state index in [9.17, 15) is 9.59 Å². The van der Waals surface area contributed by atoms with Gasteiger partial charge < -0.3 is 14.5 Å². The Bertz CT molecular complexity index is 1210. The van der Waals surface area contributed by atoms with Crippen LogP contribution >= 0.6 is 0 Å². The van der Waals surface area contributed by atoms with E-state index in [2.05, 4.69) is 10.4 Å². The first-order chi connectivity index (χ1) is 14.1. The summed E-state index contributed by atoms with van der Waals surface area (Å²) in [6, 6.07) is 15.6. The second-order valence-electron chi connectivity index (χ2n) is 6.43. The molecule has 0 atom stereocenters. The average molecular weight is 389 g/mol. The minimum atomic E-state index is -0.594. The van der Waals surface area contributed by atoms with Gasteiger partial charge in [-0.1, -0.05) is 12.1 Å². The standard InChI is InChI=1S/C22H19N3O4/c1-2-28-17-7-8-18-19(13-21(26)29-20(18)12-17)22(27)24-16-6-3-5-15(11-16)14-25-10-4-9-23-25/h3-13H,2,14H2,1H3,(H,24,27). The first-order valence-electron chi connectivity index (χ1n) is 9.21. The van der Waals surface area contributed by atoms with Crippen LogP contribution in [0.25, 0.3) is 11.0 Å². The first-order valence-corrected chi connectivity index (χ1v) is 9.21. The normalized spacial score (nSPS) is 10.8. The SMILES string of the molecule is CCOc1ccc2c(C(=O)Nc3cccc(Cn4cccn4)c3)cc(=O)oc2c1. The highest BCUT2D eigenvalue weighted by Crippen LogP contribution is 2.24. The molecule has 4 rings (SSSR count). The van der Waals surface area contributed by atoms with Crippen molar-refractivity contribution >= 4 is 22.6 Å². The van der Waals surface area contributed by atoms with Gasteiger partial charge in [0.05, 0.1) is 18.7 Å². The van der Waals surface area contributed by atoms with Crippen molar-refractivity contribution in [3.8, 4) is 5.75 Å². The zero-order valence-electron chi connectivity index (χ0n) is 15.8. The molecule has 29 heavy (non-hydrogen) atoms. The van der Waals surface area contributed by atoms with Crippen LogP contribution in [0, 0.1) is 0 Å². The van der Waals surface area contributed by atoms with Crippen LogP contribution in [0.2, 0.25) is 0 Å². The summed E-state index contributed by atoms with van der Waals surface area (Å²) in [5, 5.41) is 7.58. The number of carbonyl (C=O) groups is 1. The van der Waals surface area contributed by atoms with Gasteiger partial charge >= 0.3 is 5.63 Å². The third kappa shape index (κ3) is 4.19. The largest absolute Gasteiger partial charge is 0.494 e. The maximum Gasteiger partial charge on any atom is 0.337 e. The Balaban J connectivity index is 1.61. The zero-order valence-corrected chi connectivity index (χ0v) is 15.8. The van der Waals surface area contributed by atoms with Gasteiger partial charge in [-0.15, -0.1) is 0 Å². The Morgan fingerprint density at radius 1 is 1.17 bits per heavy atom. The quantitative estimate of drug-likeness (QED) is 0.508. The molecule has 7 nitrogen and oxygen atoms in total. The van der Waals surface area contributed by atoms with Crippen molar-refractivity contribution in [3.63, 3.8) is 0 Å². The molecule has 0 aliphatic carbocycles. The van der Waals surface area contributed by atoms with Gasteiger partial charge in [-0.2, -0.15) is 5.10 Å². The Kier molecular flexibility index (Phi) is 5.11. The number of nitrogens with one attached hydrogen (secondary N) is 1. The van der Waals surface area contributed by atoms with Gasteiger partial charge in [0, 0.05) is 35.6 Å². The van der Waals surface area contributed by atoms with E-state index in [4.69, 9.17) is 9.15 Å². The predicted molar refractivity (Wildman–Crippen MR) is 109 cm³/mol. The van der Waals surface area contributed by atoms with E-state index in [1.54, 1.807) is 35.1 Å². The fourth-order valence-corrected chi connectivity index (χ4v) is 3.11. The van der Waals surface area contributed by atoms with Crippen molar-refractivity contribution in [1.29, 1.82) is 0 Å². The summed E-state index contributed by atoms with van der Waals surface area (Å²) >= 11 is 0. The van der Waals surface area contributed by atoms with E-state index in [0.717, 1.165) is 5.56 Å². The second kappa shape index (κ2) is 8.02. The van der Waals surface area contributed by atoms with E-state index < -0.39 is 5.63 Å². The highest BCUT2D eigenvalue weighted by molar-refractivity contribution is 6.12. The van der Waals surface area contributed by atoms with Gasteiger partial charge in [-0.05, 0) is 42.8 Å². The number of hydrogen-bond donors (Lipinski definition) is 1. The molecule has 0 fully saturated rings. The van der Waals surface area contributed by atoms with Crippen LogP contribution in [0.1, 0.15) is 22.8 Å². The topological polar surface area (TPSA) is 86.4 Å². The summed E-state index contributed by atoms with van der Waals surface area (Å²) < 4.78 is 12.5. The highest BCUT2D eigenvalue weighted by atomic mass is 16.5. The molecule has 2 aromatic heterocycles. The van der Waals surface area contributed by atoms with Crippen LogP contribution in [-0.4, -0.2) is 22.3 Å². The van der Waals surface area contributed by atoms with E-state index >= 15 is 0 Å². The minimum absolute atomic E-state index is 0.247. The number of rotatable bonds is 6. The molecule has 2 heterocycles. The lowest BCUT2D eigenvalue weighted by Crippen LogP contribution is -2.15. The Hall–Kier alpha value is -3.87. The second-order valence-corrected chi connectivity index (χ2v) is 6.43. The number of aromatic nitrogens is 2. The third-order valence-electron chi connectivity index (χ3n) is 4.36. The first kappa shape index (κ1) is 18.5. The number of fused-ring (bicyclic) bond motifs is 1. The number of ether oxygens (including phenoxy) is 1. The smallest absolute Gasteiger partial charge is 0.337 e. The Morgan fingerprint density at radius 3 is 2.86 bits per heavy atom. The molecule has 0 unspecified atom stereocenters. The van der Waals surface area contributed by atoms with Crippen LogP contribution in [0.4, 0.5) is 5.69 Å². The van der Waals surface area contributed by atoms with E-state index in [1.807, 2.05) is 37.4 Å². The lowest BCUT2D eigenvalue weighted by molar-refractivity contribution is 0.102. The Labute approximate surface area is 166 Å². The lowest BCUT2D eigenvalue weighted by atomic mass is 10.1. The summed E-state index contributed by atoms with van der Waals surface area (Å²) in [4.78, 5) is 24.8. The number of amides is 1. The number of anilines is 1. The molecule has 4 aromatic rings. The number of nitrogens with zero attached hydrogens (tertiary/aromatic N) is 2. The maximum absolute atomic E-state index is 12.9. The lowest BCUT2D eigenvalue weighted by Gasteiger charge is -2.10. The molecule has 1 amide bonds. The molecule has 1 N–H and O–H groups in total. The fourth-order valence-electron chi connectivity index (χ4n) is 3.11. The molecule has 0 saturated carbocycles. The van der Waals surface area contributed by atoms with Crippen molar-refractivity contribution in [2.45, 2.75) is 13.5 Å². The molecule has 0 aliphatic heterocycles. The molecule has 0 bridgehead atoms. The van der Waals surface area contributed by atoms with Crippen molar-refractivity contribution in [3.05, 3.63) is 88.5 Å². The molecule has 146 valence electrons. The van der Waals surface area contributed by atoms with Crippen LogP contribution in [0.15, 0.2) is 76.2 Å². The monoisotopic (exact) mass is 389 g/mol. The van der Waals surface area contributed by atoms with Crippen molar-refractivity contribution in [2.24, 2.45) is 0 Å². The molecule has 0 spiro atoms. The summed E-state index contributed by atoms with van der Waals surface area (Å²) in [6.07, 6.45) is 3.59. The fraction of sp³-hybridized carbons (Fsp3) is 0.136. The number of carbonyl (C=O) groups excluding carboxylic acids is 1. The number of benzene rings is 2. The van der Waals surface area contributed by atoms with Crippen LogP contribution in [0.3, 0.4) is 0 Å². The Morgan fingerprint density at radius 2 is 2.07 bits per heavy atom. The highest BCUT2D eigenvalue weighted by Gasteiger charge is 2.14. The van der Waals surface area contributed by atoms with Crippen molar-refractivity contribution < 1.29 is 13.9 Å². The van der Waals surface area contributed by atoms with E-state index in [-0.39, 0.29) is 11.5 Å². The van der Waals surface area contributed by atoms with E-state index in [1.165, 1.54) is 6.07 Å². The summed E-state index contributed by atoms with van der Waals surface area (Å²) in [6.45, 7) is 2.95. The minimum Gasteiger partial charge on any atom is -0.494 e. The predicted octanol–water partition coefficient (Wildman–Crippen LogP) is 3.69. The molecular formula is C22H19N3O4. The molecule has 7 heteroatoms. The summed E-state index contributed by atoms with van der Waals surface area (Å²) in [5.74, 6) is 0.190. The van der Waals surface area contributed by atoms with E-state index in [0.29, 0.717) is 35.6 Å². The molecule has 2 aromatic carbocycles. The van der Waals surface area contributed by atoms with Crippen LogP contribution in [-0.2, 0) is 6.54 Å². The van der Waals surface area contributed by atoms with Gasteiger partial charge in [0.2, 0.25) is 0 Å². The van der Waals surface area contributed by atoms with Gasteiger partial charge in [0.15, 0.2) is 0 Å². The average Bonchev–Trinajstić information content (AvgIpc) is 3.20. The van der Waals surface area contributed by atoms with Gasteiger partial charge in [-0.25, -0.2) is 4.79 Å². The molecule has 0 saturated heterocycles.